The Morgan fingerprint density at radius 2 is 1.96 bits per heavy atom. The molecule has 0 aliphatic rings. The number of hydrogen-bond donors (Lipinski definition) is 1. The van der Waals surface area contributed by atoms with Crippen LogP contribution in [0.4, 0.5) is 5.69 Å². The quantitative estimate of drug-likeness (QED) is 0.648. The summed E-state index contributed by atoms with van der Waals surface area (Å²) < 4.78 is 8.91. The van der Waals surface area contributed by atoms with E-state index in [-0.39, 0.29) is 17.2 Å². The number of nitrogens with one attached hydrogen (secondary N) is 1. The highest BCUT2D eigenvalue weighted by molar-refractivity contribution is 6.02. The van der Waals surface area contributed by atoms with Crippen molar-refractivity contribution >= 4 is 11.6 Å². The van der Waals surface area contributed by atoms with E-state index in [1.54, 1.807) is 30.5 Å². The Labute approximate surface area is 162 Å². The Morgan fingerprint density at radius 3 is 2.64 bits per heavy atom. The molecule has 2 aromatic heterocycles. The average molecular weight is 381 g/mol. The fourth-order valence-electron chi connectivity index (χ4n) is 2.55. The maximum atomic E-state index is 12.4. The normalized spacial score (nSPS) is 10.6. The number of aryl methyl sites for hydroxylation is 2. The molecular formula is C20H23N5O3. The maximum absolute atomic E-state index is 12.4. The predicted octanol–water partition coefficient (Wildman–Crippen LogP) is 2.61. The van der Waals surface area contributed by atoms with Crippen molar-refractivity contribution in [3.63, 3.8) is 0 Å². The molecule has 1 aromatic carbocycles. The Morgan fingerprint density at radius 1 is 1.18 bits per heavy atom. The van der Waals surface area contributed by atoms with E-state index in [1.807, 2.05) is 24.7 Å². The second-order valence-electron chi connectivity index (χ2n) is 6.36. The molecule has 1 N–H and O–H groups in total. The minimum atomic E-state index is -0.369. The van der Waals surface area contributed by atoms with Gasteiger partial charge in [-0.25, -0.2) is 9.67 Å². The van der Waals surface area contributed by atoms with Gasteiger partial charge in [0.05, 0.1) is 0 Å². The molecule has 0 radical (unpaired) electrons. The molecule has 0 aliphatic carbocycles. The molecule has 0 atom stereocenters. The highest BCUT2D eigenvalue weighted by Crippen LogP contribution is 2.17. The zero-order chi connectivity index (χ0) is 19.9. The van der Waals surface area contributed by atoms with E-state index in [1.165, 1.54) is 16.8 Å². The predicted molar refractivity (Wildman–Crippen MR) is 105 cm³/mol. The largest absolute Gasteiger partial charge is 0.486 e. The smallest absolute Gasteiger partial charge is 0.276 e. The molecule has 0 fully saturated rings. The molecule has 8 heteroatoms. The molecule has 0 unspecified atom stereocenters. The number of unbranched alkanes of at least 4 members (excludes halogenated alkanes) is 1. The van der Waals surface area contributed by atoms with Crippen molar-refractivity contribution in [2.45, 2.75) is 32.9 Å². The topological polar surface area (TPSA) is 91.0 Å². The van der Waals surface area contributed by atoms with Crippen molar-refractivity contribution in [3.8, 4) is 5.75 Å². The molecular weight excluding hydrogens is 358 g/mol. The van der Waals surface area contributed by atoms with Crippen molar-refractivity contribution in [2.75, 3.05) is 5.32 Å². The van der Waals surface area contributed by atoms with Crippen LogP contribution in [0.2, 0.25) is 0 Å². The van der Waals surface area contributed by atoms with E-state index >= 15 is 0 Å². The van der Waals surface area contributed by atoms with Crippen LogP contribution in [0.5, 0.6) is 5.75 Å². The van der Waals surface area contributed by atoms with Crippen molar-refractivity contribution in [1.82, 2.24) is 19.3 Å². The van der Waals surface area contributed by atoms with Gasteiger partial charge in [-0.2, -0.15) is 5.10 Å². The average Bonchev–Trinajstić information content (AvgIpc) is 3.11. The molecule has 146 valence electrons. The number of ether oxygens (including phenoxy) is 1. The van der Waals surface area contributed by atoms with Crippen LogP contribution in [-0.4, -0.2) is 25.2 Å². The van der Waals surface area contributed by atoms with Crippen LogP contribution in [0.15, 0.2) is 53.6 Å². The van der Waals surface area contributed by atoms with Gasteiger partial charge in [0.25, 0.3) is 11.5 Å². The molecule has 0 spiro atoms. The first-order valence-corrected chi connectivity index (χ1v) is 9.15. The van der Waals surface area contributed by atoms with Crippen LogP contribution in [-0.2, 0) is 20.2 Å². The molecule has 3 rings (SSSR count). The number of benzene rings is 1. The summed E-state index contributed by atoms with van der Waals surface area (Å²) in [5.74, 6) is 1.13. The van der Waals surface area contributed by atoms with Gasteiger partial charge in [0.15, 0.2) is 0 Å². The van der Waals surface area contributed by atoms with Gasteiger partial charge in [-0.05, 0) is 36.8 Å². The Hall–Kier alpha value is -3.42. The lowest BCUT2D eigenvalue weighted by atomic mass is 10.3. The van der Waals surface area contributed by atoms with E-state index in [0.717, 1.165) is 18.7 Å². The van der Waals surface area contributed by atoms with Gasteiger partial charge < -0.3 is 14.6 Å². The number of nitrogens with zero attached hydrogens (tertiary/aromatic N) is 4. The Kier molecular flexibility index (Phi) is 6.21. The first kappa shape index (κ1) is 19.3. The fraction of sp³-hybridized carbons (Fsp3) is 0.300. The van der Waals surface area contributed by atoms with Crippen LogP contribution in [0.25, 0.3) is 0 Å². The molecule has 28 heavy (non-hydrogen) atoms. The van der Waals surface area contributed by atoms with Gasteiger partial charge in [0, 0.05) is 37.7 Å². The lowest BCUT2D eigenvalue weighted by Crippen LogP contribution is -2.26. The lowest BCUT2D eigenvalue weighted by molar-refractivity contribution is 0.101. The zero-order valence-corrected chi connectivity index (χ0v) is 16.0. The third-order valence-corrected chi connectivity index (χ3v) is 4.22. The summed E-state index contributed by atoms with van der Waals surface area (Å²) in [6.07, 6.45) is 5.35. The standard InChI is InChI=1S/C20H23N5O3/c1-3-4-12-25-19(26)10-9-17(23-25)20(27)22-15-5-7-16(8-6-15)28-14-18-21-11-13-24(18)2/h5-11,13H,3-4,12,14H2,1-2H3,(H,22,27). The summed E-state index contributed by atoms with van der Waals surface area (Å²) in [7, 11) is 1.91. The zero-order valence-electron chi connectivity index (χ0n) is 16.0. The number of hydrogen-bond acceptors (Lipinski definition) is 5. The summed E-state index contributed by atoms with van der Waals surface area (Å²) in [4.78, 5) is 28.4. The number of aromatic nitrogens is 4. The maximum Gasteiger partial charge on any atom is 0.276 e. The number of amides is 1. The lowest BCUT2D eigenvalue weighted by Gasteiger charge is -2.09. The minimum Gasteiger partial charge on any atom is -0.486 e. The van der Waals surface area contributed by atoms with Crippen molar-refractivity contribution in [1.29, 1.82) is 0 Å². The summed E-state index contributed by atoms with van der Waals surface area (Å²) in [6, 6.07) is 9.84. The van der Waals surface area contributed by atoms with E-state index in [4.69, 9.17) is 4.74 Å². The van der Waals surface area contributed by atoms with Gasteiger partial charge in [-0.15, -0.1) is 0 Å². The summed E-state index contributed by atoms with van der Waals surface area (Å²) >= 11 is 0. The minimum absolute atomic E-state index is 0.200. The van der Waals surface area contributed by atoms with Crippen molar-refractivity contribution in [2.24, 2.45) is 7.05 Å². The third-order valence-electron chi connectivity index (χ3n) is 4.22. The van der Waals surface area contributed by atoms with Crippen LogP contribution >= 0.6 is 0 Å². The highest BCUT2D eigenvalue weighted by atomic mass is 16.5. The first-order chi connectivity index (χ1) is 13.6. The number of anilines is 1. The van der Waals surface area contributed by atoms with Gasteiger partial charge >= 0.3 is 0 Å². The molecule has 8 nitrogen and oxygen atoms in total. The van der Waals surface area contributed by atoms with Gasteiger partial charge in [0.2, 0.25) is 0 Å². The van der Waals surface area contributed by atoms with Gasteiger partial charge in [-0.1, -0.05) is 13.3 Å². The summed E-state index contributed by atoms with van der Waals surface area (Å²) in [5, 5.41) is 6.93. The van der Waals surface area contributed by atoms with Crippen LogP contribution in [0, 0.1) is 0 Å². The SMILES string of the molecule is CCCCn1nc(C(=O)Nc2ccc(OCc3nccn3C)cc2)ccc1=O. The van der Waals surface area contributed by atoms with E-state index in [0.29, 0.717) is 24.6 Å². The monoisotopic (exact) mass is 381 g/mol. The molecule has 1 amide bonds. The van der Waals surface area contributed by atoms with Crippen LogP contribution in [0.1, 0.15) is 36.1 Å². The highest BCUT2D eigenvalue weighted by Gasteiger charge is 2.10. The van der Waals surface area contributed by atoms with Crippen molar-refractivity contribution in [3.05, 3.63) is 70.7 Å². The number of carbonyl (C=O) groups excluding carboxylic acids is 1. The first-order valence-electron chi connectivity index (χ1n) is 9.15. The van der Waals surface area contributed by atoms with Crippen molar-refractivity contribution < 1.29 is 9.53 Å². The summed E-state index contributed by atoms with van der Waals surface area (Å²) in [6.45, 7) is 2.89. The van der Waals surface area contributed by atoms with Crippen LogP contribution < -0.4 is 15.6 Å². The van der Waals surface area contributed by atoms with E-state index in [9.17, 15) is 9.59 Å². The molecule has 0 bridgehead atoms. The third kappa shape index (κ3) is 4.85. The number of imidazole rings is 1. The molecule has 0 aliphatic heterocycles. The summed E-state index contributed by atoms with van der Waals surface area (Å²) in [5.41, 5.74) is 0.604. The van der Waals surface area contributed by atoms with Gasteiger partial charge in [0.1, 0.15) is 23.9 Å². The molecule has 0 saturated carbocycles. The van der Waals surface area contributed by atoms with Gasteiger partial charge in [-0.3, -0.25) is 9.59 Å². The second-order valence-corrected chi connectivity index (χ2v) is 6.36. The van der Waals surface area contributed by atoms with Crippen LogP contribution in [0.3, 0.4) is 0 Å². The molecule has 0 saturated heterocycles. The molecule has 2 heterocycles. The van der Waals surface area contributed by atoms with E-state index in [2.05, 4.69) is 15.4 Å². The molecule has 3 aromatic rings. The second kappa shape index (κ2) is 8.98. The fourth-order valence-corrected chi connectivity index (χ4v) is 2.55. The number of carbonyl (C=O) groups is 1. The Bertz CT molecular complexity index is 992. The number of rotatable bonds is 8. The Balaban J connectivity index is 1.61. The van der Waals surface area contributed by atoms with E-state index < -0.39 is 0 Å².